The van der Waals surface area contributed by atoms with Crippen molar-refractivity contribution in [2.45, 2.75) is 6.42 Å². The molecule has 0 atom stereocenters. The Kier molecular flexibility index (Phi) is 3.81. The molecule has 84 valence electrons. The molecule has 0 unspecified atom stereocenters. The number of nitrogens with zero attached hydrogens (tertiary/aromatic N) is 2. The zero-order chi connectivity index (χ0) is 11.9. The molecule has 2 nitrogen and oxygen atoms in total. The van der Waals surface area contributed by atoms with Crippen LogP contribution in [0.25, 0.3) is 6.08 Å². The van der Waals surface area contributed by atoms with Gasteiger partial charge in [0.2, 0.25) is 0 Å². The summed E-state index contributed by atoms with van der Waals surface area (Å²) in [6.07, 6.45) is 8.08. The molecule has 0 aliphatic carbocycles. The maximum atomic E-state index is 4.38. The minimum Gasteiger partial charge on any atom is -0.265 e. The Hall–Kier alpha value is -2.22. The lowest BCUT2D eigenvalue weighted by atomic mass is 10.1. The monoisotopic (exact) mass is 222 g/mol. The molecule has 0 radical (unpaired) electrons. The van der Waals surface area contributed by atoms with Gasteiger partial charge in [-0.15, -0.1) is 0 Å². The van der Waals surface area contributed by atoms with Gasteiger partial charge in [-0.3, -0.25) is 9.98 Å². The van der Waals surface area contributed by atoms with E-state index in [1.807, 2.05) is 36.6 Å². The fourth-order valence-corrected chi connectivity index (χ4v) is 1.60. The van der Waals surface area contributed by atoms with Crippen LogP contribution < -0.4 is 0 Å². The first-order chi connectivity index (χ1) is 8.40. The zero-order valence-electron chi connectivity index (χ0n) is 9.58. The van der Waals surface area contributed by atoms with Gasteiger partial charge in [0.05, 0.1) is 5.69 Å². The second-order valence-corrected chi connectivity index (χ2v) is 3.62. The van der Waals surface area contributed by atoms with Crippen molar-refractivity contribution in [3.63, 3.8) is 0 Å². The lowest BCUT2D eigenvalue weighted by Gasteiger charge is -2.01. The van der Waals surface area contributed by atoms with Crippen LogP contribution in [0.5, 0.6) is 0 Å². The van der Waals surface area contributed by atoms with Crippen LogP contribution >= 0.6 is 0 Å². The first kappa shape index (κ1) is 11.3. The number of aliphatic imine (C=N–C) groups is 1. The molecule has 1 heterocycles. The Balaban J connectivity index is 2.07. The summed E-state index contributed by atoms with van der Waals surface area (Å²) in [5.41, 5.74) is 3.32. The van der Waals surface area contributed by atoms with Crippen LogP contribution in [0.3, 0.4) is 0 Å². The van der Waals surface area contributed by atoms with Gasteiger partial charge in [-0.25, -0.2) is 0 Å². The summed E-state index contributed by atoms with van der Waals surface area (Å²) < 4.78 is 0. The molecule has 0 N–H and O–H groups in total. The van der Waals surface area contributed by atoms with Gasteiger partial charge in [-0.2, -0.15) is 0 Å². The van der Waals surface area contributed by atoms with Crippen molar-refractivity contribution in [3.8, 4) is 0 Å². The van der Waals surface area contributed by atoms with Crippen molar-refractivity contribution in [2.24, 2.45) is 4.99 Å². The van der Waals surface area contributed by atoms with Gasteiger partial charge in [0, 0.05) is 25.0 Å². The third-order valence-corrected chi connectivity index (χ3v) is 2.49. The Morgan fingerprint density at radius 1 is 1.12 bits per heavy atom. The molecule has 0 aliphatic heterocycles. The van der Waals surface area contributed by atoms with Gasteiger partial charge in [-0.1, -0.05) is 36.9 Å². The third kappa shape index (κ3) is 3.11. The minimum atomic E-state index is 0.810. The van der Waals surface area contributed by atoms with E-state index in [1.54, 1.807) is 12.4 Å². The summed E-state index contributed by atoms with van der Waals surface area (Å²) >= 11 is 0. The average Bonchev–Trinajstić information content (AvgIpc) is 2.40. The topological polar surface area (TPSA) is 25.2 Å². The fraction of sp³-hybridized carbons (Fsp3) is 0.0667. The Labute approximate surface area is 101 Å². The Morgan fingerprint density at radius 3 is 2.65 bits per heavy atom. The summed E-state index contributed by atoms with van der Waals surface area (Å²) in [6.45, 7) is 3.81. The highest BCUT2D eigenvalue weighted by Crippen LogP contribution is 2.11. The quantitative estimate of drug-likeness (QED) is 0.724. The van der Waals surface area contributed by atoms with Crippen LogP contribution in [0.15, 0.2) is 60.4 Å². The van der Waals surface area contributed by atoms with E-state index < -0.39 is 0 Å². The molecule has 0 spiro atoms. The molecule has 0 aliphatic rings. The van der Waals surface area contributed by atoms with Crippen molar-refractivity contribution in [1.82, 2.24) is 4.98 Å². The first-order valence-electron chi connectivity index (χ1n) is 5.53. The van der Waals surface area contributed by atoms with E-state index in [9.17, 15) is 0 Å². The second kappa shape index (κ2) is 5.75. The van der Waals surface area contributed by atoms with E-state index in [2.05, 4.69) is 28.7 Å². The summed E-state index contributed by atoms with van der Waals surface area (Å²) in [7, 11) is 0. The van der Waals surface area contributed by atoms with E-state index in [4.69, 9.17) is 0 Å². The number of aromatic nitrogens is 1. The Bertz CT molecular complexity index is 515. The van der Waals surface area contributed by atoms with Crippen molar-refractivity contribution in [2.75, 3.05) is 0 Å². The molecule has 17 heavy (non-hydrogen) atoms. The first-order valence-corrected chi connectivity index (χ1v) is 5.53. The van der Waals surface area contributed by atoms with Crippen molar-refractivity contribution in [3.05, 3.63) is 66.5 Å². The smallest absolute Gasteiger partial charge is 0.0656 e. The highest BCUT2D eigenvalue weighted by atomic mass is 14.7. The predicted octanol–water partition coefficient (Wildman–Crippen LogP) is 3.67. The molecule has 2 heteroatoms. The van der Waals surface area contributed by atoms with E-state index in [0.717, 1.165) is 17.7 Å². The lowest BCUT2D eigenvalue weighted by molar-refractivity contribution is 1.30. The average molecular weight is 222 g/mol. The van der Waals surface area contributed by atoms with Crippen LogP contribution in [0.1, 0.15) is 11.1 Å². The van der Waals surface area contributed by atoms with E-state index in [1.165, 1.54) is 5.56 Å². The molecular weight excluding hydrogens is 208 g/mol. The van der Waals surface area contributed by atoms with E-state index in [0.29, 0.717) is 0 Å². The molecule has 0 amide bonds. The van der Waals surface area contributed by atoms with Crippen molar-refractivity contribution < 1.29 is 0 Å². The van der Waals surface area contributed by atoms with Crippen LogP contribution in [-0.2, 0) is 6.42 Å². The second-order valence-electron chi connectivity index (χ2n) is 3.62. The highest BCUT2D eigenvalue weighted by molar-refractivity contribution is 5.68. The normalized spacial score (nSPS) is 10.6. The molecule has 0 bridgehead atoms. The van der Waals surface area contributed by atoms with Gasteiger partial charge in [0.25, 0.3) is 0 Å². The fourth-order valence-electron chi connectivity index (χ4n) is 1.60. The number of hydrogen-bond acceptors (Lipinski definition) is 2. The zero-order valence-corrected chi connectivity index (χ0v) is 9.58. The molecule has 1 aromatic heterocycles. The van der Waals surface area contributed by atoms with Gasteiger partial charge in [0.1, 0.15) is 0 Å². The van der Waals surface area contributed by atoms with Crippen LogP contribution in [0.2, 0.25) is 0 Å². The Morgan fingerprint density at radius 2 is 1.88 bits per heavy atom. The van der Waals surface area contributed by atoms with E-state index >= 15 is 0 Å². The lowest BCUT2D eigenvalue weighted by Crippen LogP contribution is -1.89. The number of pyridine rings is 1. The molecular formula is C15H14N2. The third-order valence-electron chi connectivity index (χ3n) is 2.49. The van der Waals surface area contributed by atoms with Crippen LogP contribution in [0.4, 0.5) is 5.69 Å². The van der Waals surface area contributed by atoms with Gasteiger partial charge in [0.15, 0.2) is 0 Å². The van der Waals surface area contributed by atoms with E-state index in [-0.39, 0.29) is 0 Å². The highest BCUT2D eigenvalue weighted by Gasteiger charge is 1.95. The van der Waals surface area contributed by atoms with Gasteiger partial charge in [-0.05, 0) is 23.3 Å². The molecule has 2 rings (SSSR count). The summed E-state index contributed by atoms with van der Waals surface area (Å²) in [5, 5.41) is 0. The van der Waals surface area contributed by atoms with Crippen LogP contribution in [-0.4, -0.2) is 11.2 Å². The predicted molar refractivity (Wildman–Crippen MR) is 72.6 cm³/mol. The molecule has 2 aromatic rings. The summed E-state index contributed by atoms with van der Waals surface area (Å²) in [6, 6.07) is 12.0. The molecule has 0 saturated carbocycles. The van der Waals surface area contributed by atoms with Crippen molar-refractivity contribution in [1.29, 1.82) is 0 Å². The maximum absolute atomic E-state index is 4.38. The molecule has 0 saturated heterocycles. The number of benzene rings is 1. The van der Waals surface area contributed by atoms with Gasteiger partial charge < -0.3 is 0 Å². The minimum absolute atomic E-state index is 0.810. The van der Waals surface area contributed by atoms with Crippen molar-refractivity contribution >= 4 is 18.0 Å². The summed E-state index contributed by atoms with van der Waals surface area (Å²) in [5.74, 6) is 0. The van der Waals surface area contributed by atoms with Crippen LogP contribution in [0, 0.1) is 0 Å². The maximum Gasteiger partial charge on any atom is 0.0656 e. The standard InChI is InChI=1S/C15H14N2/c1-2-13-5-3-4-6-14(13)7-12-17-15-8-10-16-11-9-15/h2-6,8-12H,1,7H2. The molecule has 0 fully saturated rings. The summed E-state index contributed by atoms with van der Waals surface area (Å²) in [4.78, 5) is 8.33. The van der Waals surface area contributed by atoms with Gasteiger partial charge >= 0.3 is 0 Å². The number of rotatable bonds is 4. The molecule has 1 aromatic carbocycles. The SMILES string of the molecule is C=Cc1ccccc1CC=Nc1ccncc1. The number of hydrogen-bond donors (Lipinski definition) is 0. The largest absolute Gasteiger partial charge is 0.265 e.